The zero-order valence-electron chi connectivity index (χ0n) is 10.7. The molecule has 1 aromatic heterocycles. The molecule has 0 aliphatic heterocycles. The van der Waals surface area contributed by atoms with Crippen LogP contribution in [-0.2, 0) is 16.2 Å². The molecule has 0 radical (unpaired) electrons. The van der Waals surface area contributed by atoms with Crippen LogP contribution in [0.3, 0.4) is 0 Å². The van der Waals surface area contributed by atoms with Crippen LogP contribution >= 0.6 is 11.6 Å². The molecule has 0 unspecified atom stereocenters. The molecule has 0 amide bonds. The summed E-state index contributed by atoms with van der Waals surface area (Å²) in [4.78, 5) is 3.44. The van der Waals surface area contributed by atoms with Crippen molar-refractivity contribution < 1.29 is 21.6 Å². The van der Waals surface area contributed by atoms with Gasteiger partial charge in [-0.2, -0.15) is 13.2 Å². The van der Waals surface area contributed by atoms with Crippen molar-refractivity contribution in [3.05, 3.63) is 47.1 Å². The van der Waals surface area contributed by atoms with E-state index in [9.17, 15) is 21.6 Å². The van der Waals surface area contributed by atoms with Crippen LogP contribution < -0.4 is 10.5 Å². The number of rotatable bonds is 3. The third kappa shape index (κ3) is 3.67. The van der Waals surface area contributed by atoms with Crippen LogP contribution in [0.2, 0.25) is 5.02 Å². The lowest BCUT2D eigenvalue weighted by Crippen LogP contribution is -2.15. The molecule has 5 nitrogen and oxygen atoms in total. The van der Waals surface area contributed by atoms with E-state index in [4.69, 9.17) is 16.7 Å². The number of aromatic nitrogens is 1. The lowest BCUT2D eigenvalue weighted by atomic mass is 10.2. The largest absolute Gasteiger partial charge is 0.417 e. The molecule has 3 N–H and O–H groups in total. The van der Waals surface area contributed by atoms with E-state index in [2.05, 4.69) is 10.3 Å². The van der Waals surface area contributed by atoms with Crippen LogP contribution in [0.15, 0.2) is 41.4 Å². The average molecular weight is 352 g/mol. The predicted octanol–water partition coefficient (Wildman–Crippen LogP) is 3.14. The Bertz CT molecular complexity index is 810. The zero-order valence-corrected chi connectivity index (χ0v) is 12.3. The molecule has 1 aromatic carbocycles. The Hall–Kier alpha value is -1.84. The lowest BCUT2D eigenvalue weighted by Gasteiger charge is -2.13. The minimum atomic E-state index is -4.64. The van der Waals surface area contributed by atoms with Crippen LogP contribution in [0.4, 0.5) is 24.7 Å². The van der Waals surface area contributed by atoms with E-state index < -0.39 is 26.8 Å². The Morgan fingerprint density at radius 1 is 1.23 bits per heavy atom. The minimum Gasteiger partial charge on any atom is -0.339 e. The number of benzene rings is 1. The van der Waals surface area contributed by atoms with Crippen molar-refractivity contribution in [2.75, 3.05) is 5.32 Å². The number of sulfonamides is 1. The smallest absolute Gasteiger partial charge is 0.339 e. The zero-order chi connectivity index (χ0) is 16.5. The molecule has 2 aromatic rings. The Morgan fingerprint density at radius 2 is 1.91 bits per heavy atom. The molecule has 2 rings (SSSR count). The van der Waals surface area contributed by atoms with Gasteiger partial charge in [-0.05, 0) is 30.3 Å². The molecule has 0 aliphatic rings. The highest BCUT2D eigenvalue weighted by atomic mass is 35.5. The second kappa shape index (κ2) is 5.75. The molecule has 1 heterocycles. The van der Waals surface area contributed by atoms with Gasteiger partial charge in [0.2, 0.25) is 10.0 Å². The number of nitrogens with two attached hydrogens (primary N) is 1. The summed E-state index contributed by atoms with van der Waals surface area (Å²) in [6.45, 7) is 0. The summed E-state index contributed by atoms with van der Waals surface area (Å²) in [5, 5.41) is 7.05. The van der Waals surface area contributed by atoms with Crippen LogP contribution in [-0.4, -0.2) is 13.4 Å². The lowest BCUT2D eigenvalue weighted by molar-refractivity contribution is -0.137. The summed E-state index contributed by atoms with van der Waals surface area (Å²) in [5.74, 6) is -0.180. The van der Waals surface area contributed by atoms with E-state index in [-0.39, 0.29) is 16.4 Å². The summed E-state index contributed by atoms with van der Waals surface area (Å²) in [6.07, 6.45) is -3.36. The molecule has 0 atom stereocenters. The quantitative estimate of drug-likeness (QED) is 0.889. The number of nitrogens with zero attached hydrogens (tertiary/aromatic N) is 1. The van der Waals surface area contributed by atoms with Crippen LogP contribution in [0.25, 0.3) is 0 Å². The van der Waals surface area contributed by atoms with Crippen LogP contribution in [0.1, 0.15) is 5.56 Å². The highest BCUT2D eigenvalue weighted by Gasteiger charge is 2.33. The summed E-state index contributed by atoms with van der Waals surface area (Å²) in [5.41, 5.74) is -1.08. The first-order valence-corrected chi connectivity index (χ1v) is 7.63. The van der Waals surface area contributed by atoms with E-state index in [1.165, 1.54) is 24.4 Å². The van der Waals surface area contributed by atoms with Gasteiger partial charge in [0.15, 0.2) is 5.82 Å². The van der Waals surface area contributed by atoms with E-state index in [1.807, 2.05) is 0 Å². The Morgan fingerprint density at radius 3 is 2.50 bits per heavy atom. The molecule has 0 spiro atoms. The number of hydrogen-bond acceptors (Lipinski definition) is 4. The molecule has 0 saturated carbocycles. The first-order chi connectivity index (χ1) is 10.1. The van der Waals surface area contributed by atoms with Crippen molar-refractivity contribution >= 4 is 33.1 Å². The van der Waals surface area contributed by atoms with Gasteiger partial charge < -0.3 is 5.32 Å². The van der Waals surface area contributed by atoms with E-state index in [1.54, 1.807) is 0 Å². The molecule has 10 heteroatoms. The number of anilines is 2. The number of primary sulfonamides is 1. The van der Waals surface area contributed by atoms with Crippen molar-refractivity contribution in [1.29, 1.82) is 0 Å². The monoisotopic (exact) mass is 351 g/mol. The van der Waals surface area contributed by atoms with Crippen LogP contribution in [0.5, 0.6) is 0 Å². The highest BCUT2D eigenvalue weighted by molar-refractivity contribution is 7.89. The fraction of sp³-hybridized carbons (Fsp3) is 0.0833. The third-order valence-electron chi connectivity index (χ3n) is 2.61. The van der Waals surface area contributed by atoms with E-state index in [0.717, 1.165) is 12.1 Å². The molecule has 0 bridgehead atoms. The van der Waals surface area contributed by atoms with Crippen molar-refractivity contribution in [1.82, 2.24) is 4.98 Å². The molecular weight excluding hydrogens is 343 g/mol. The number of alkyl halides is 3. The molecule has 0 saturated heterocycles. The maximum atomic E-state index is 12.8. The summed E-state index contributed by atoms with van der Waals surface area (Å²) < 4.78 is 61.2. The first kappa shape index (κ1) is 16.5. The topological polar surface area (TPSA) is 85.1 Å². The maximum Gasteiger partial charge on any atom is 0.417 e. The van der Waals surface area contributed by atoms with Crippen molar-refractivity contribution in [2.45, 2.75) is 11.1 Å². The number of nitrogens with one attached hydrogen (secondary N) is 1. The van der Waals surface area contributed by atoms with Crippen molar-refractivity contribution in [3.8, 4) is 0 Å². The number of halogens is 4. The van der Waals surface area contributed by atoms with Gasteiger partial charge in [0.25, 0.3) is 0 Å². The fourth-order valence-electron chi connectivity index (χ4n) is 1.67. The average Bonchev–Trinajstić information content (AvgIpc) is 2.39. The first-order valence-electron chi connectivity index (χ1n) is 5.70. The van der Waals surface area contributed by atoms with Crippen molar-refractivity contribution in [3.63, 3.8) is 0 Å². The second-order valence-electron chi connectivity index (χ2n) is 4.21. The van der Waals surface area contributed by atoms with Gasteiger partial charge in [-0.3, -0.25) is 0 Å². The molecule has 118 valence electrons. The minimum absolute atomic E-state index is 0.0275. The van der Waals surface area contributed by atoms with Crippen LogP contribution in [0, 0.1) is 0 Å². The van der Waals surface area contributed by atoms with Gasteiger partial charge >= 0.3 is 6.18 Å². The van der Waals surface area contributed by atoms with Gasteiger partial charge in [0, 0.05) is 11.9 Å². The standard InChI is InChI=1S/C12H9ClF3N3O2S/c13-9-4-3-7(6-8(9)12(14,15)16)19-11-10(22(17,20)21)2-1-5-18-11/h1-6H,(H,18,19)(H2,17,20,21). The van der Waals surface area contributed by atoms with Gasteiger partial charge in [0.05, 0.1) is 10.6 Å². The Labute approximate surface area is 129 Å². The van der Waals surface area contributed by atoms with Crippen molar-refractivity contribution in [2.24, 2.45) is 5.14 Å². The summed E-state index contributed by atoms with van der Waals surface area (Å²) in [6, 6.07) is 5.59. The molecule has 0 fully saturated rings. The molecule has 22 heavy (non-hydrogen) atoms. The highest BCUT2D eigenvalue weighted by Crippen LogP contribution is 2.36. The maximum absolute atomic E-state index is 12.8. The Balaban J connectivity index is 2.45. The van der Waals surface area contributed by atoms with Gasteiger partial charge in [-0.1, -0.05) is 11.6 Å². The van der Waals surface area contributed by atoms with E-state index >= 15 is 0 Å². The normalized spacial score (nSPS) is 12.2. The fourth-order valence-corrected chi connectivity index (χ4v) is 2.54. The number of pyridine rings is 1. The summed E-state index contributed by atoms with van der Waals surface area (Å²) >= 11 is 5.51. The molecular formula is C12H9ClF3N3O2S. The summed E-state index contributed by atoms with van der Waals surface area (Å²) in [7, 11) is -4.07. The van der Waals surface area contributed by atoms with Gasteiger partial charge in [-0.25, -0.2) is 18.5 Å². The van der Waals surface area contributed by atoms with E-state index in [0.29, 0.717) is 0 Å². The van der Waals surface area contributed by atoms with Gasteiger partial charge in [-0.15, -0.1) is 0 Å². The second-order valence-corrected chi connectivity index (χ2v) is 6.15. The Kier molecular flexibility index (Phi) is 4.32. The SMILES string of the molecule is NS(=O)(=O)c1cccnc1Nc1ccc(Cl)c(C(F)(F)F)c1. The number of hydrogen-bond donors (Lipinski definition) is 2. The third-order valence-corrected chi connectivity index (χ3v) is 3.88. The van der Waals surface area contributed by atoms with Gasteiger partial charge in [0.1, 0.15) is 4.90 Å². The predicted molar refractivity (Wildman–Crippen MR) is 75.3 cm³/mol. The molecule has 0 aliphatic carbocycles.